The largest absolute Gasteiger partial charge is 0.497 e. The third-order valence-corrected chi connectivity index (χ3v) is 6.21. The van der Waals surface area contributed by atoms with Crippen molar-refractivity contribution in [3.05, 3.63) is 70.8 Å². The molecule has 2 atom stereocenters. The molecule has 168 valence electrons. The lowest BCUT2D eigenvalue weighted by Crippen LogP contribution is -2.38. The molecule has 1 aliphatic heterocycles. The summed E-state index contributed by atoms with van der Waals surface area (Å²) in [5, 5.41) is 0.552. The standard InChI is InChI=1S/C25H29N3O4/c1-27-14-5-6-19(24(27)18-9-11-20(31-2)12-10-18)16-32-23(29)13-15-28-17-26-22-8-4-3-7-21(22)25(28)30/h3-4,7-12,17,19,24H,5-6,13-16H2,1-2H3/t19-,24+/m0/s1. The highest BCUT2D eigenvalue weighted by Crippen LogP contribution is 2.35. The van der Waals surface area contributed by atoms with Gasteiger partial charge in [-0.2, -0.15) is 0 Å². The molecule has 7 heteroatoms. The SMILES string of the molecule is COc1ccc([C@@H]2[C@H](COC(=O)CCn3cnc4ccccc4c3=O)CCCN2C)cc1. The minimum atomic E-state index is -0.299. The molecule has 0 unspecified atom stereocenters. The van der Waals surface area contributed by atoms with E-state index in [1.165, 1.54) is 16.5 Å². The first kappa shape index (κ1) is 22.0. The number of fused-ring (bicyclic) bond motifs is 1. The number of aryl methyl sites for hydroxylation is 1. The number of piperidine rings is 1. The van der Waals surface area contributed by atoms with Gasteiger partial charge >= 0.3 is 5.97 Å². The maximum Gasteiger partial charge on any atom is 0.307 e. The monoisotopic (exact) mass is 435 g/mol. The predicted molar refractivity (Wildman–Crippen MR) is 123 cm³/mol. The van der Waals surface area contributed by atoms with Crippen molar-refractivity contribution in [2.45, 2.75) is 31.8 Å². The number of benzene rings is 2. The van der Waals surface area contributed by atoms with E-state index >= 15 is 0 Å². The van der Waals surface area contributed by atoms with Gasteiger partial charge in [0.25, 0.3) is 5.56 Å². The molecule has 2 aromatic carbocycles. The van der Waals surface area contributed by atoms with E-state index in [2.05, 4.69) is 29.1 Å². The van der Waals surface area contributed by atoms with Crippen LogP contribution < -0.4 is 10.3 Å². The minimum absolute atomic E-state index is 0.135. The van der Waals surface area contributed by atoms with Gasteiger partial charge in [0.05, 0.1) is 37.4 Å². The predicted octanol–water partition coefficient (Wildman–Crippen LogP) is 3.42. The number of hydrogen-bond acceptors (Lipinski definition) is 6. The third-order valence-electron chi connectivity index (χ3n) is 6.21. The van der Waals surface area contributed by atoms with Gasteiger partial charge in [-0.3, -0.25) is 19.1 Å². The second-order valence-electron chi connectivity index (χ2n) is 8.29. The summed E-state index contributed by atoms with van der Waals surface area (Å²) in [4.78, 5) is 31.7. The van der Waals surface area contributed by atoms with E-state index in [0.717, 1.165) is 25.1 Å². The first-order valence-corrected chi connectivity index (χ1v) is 11.0. The number of rotatable bonds is 7. The summed E-state index contributed by atoms with van der Waals surface area (Å²) >= 11 is 0. The number of ether oxygens (including phenoxy) is 2. The number of carbonyl (C=O) groups is 1. The molecule has 3 aromatic rings. The Morgan fingerprint density at radius 1 is 1.16 bits per heavy atom. The molecular formula is C25H29N3O4. The maximum atomic E-state index is 12.6. The van der Waals surface area contributed by atoms with Gasteiger partial charge in [-0.05, 0) is 56.3 Å². The first-order valence-electron chi connectivity index (χ1n) is 11.0. The van der Waals surface area contributed by atoms with Crippen molar-refractivity contribution >= 4 is 16.9 Å². The van der Waals surface area contributed by atoms with Crippen LogP contribution in [-0.4, -0.2) is 47.7 Å². The van der Waals surface area contributed by atoms with Crippen LogP contribution in [-0.2, 0) is 16.1 Å². The summed E-state index contributed by atoms with van der Waals surface area (Å²) in [6.07, 6.45) is 3.70. The molecule has 0 radical (unpaired) electrons. The Kier molecular flexibility index (Phi) is 6.85. The Hall–Kier alpha value is -3.19. The number of esters is 1. The molecule has 0 N–H and O–H groups in total. The van der Waals surface area contributed by atoms with E-state index in [9.17, 15) is 9.59 Å². The molecule has 2 heterocycles. The zero-order valence-corrected chi connectivity index (χ0v) is 18.6. The zero-order valence-electron chi connectivity index (χ0n) is 18.6. The van der Waals surface area contributed by atoms with Gasteiger partial charge < -0.3 is 9.47 Å². The zero-order chi connectivity index (χ0) is 22.5. The van der Waals surface area contributed by atoms with E-state index in [1.807, 2.05) is 24.3 Å². The van der Waals surface area contributed by atoms with Crippen LogP contribution in [0.5, 0.6) is 5.75 Å². The Morgan fingerprint density at radius 2 is 1.94 bits per heavy atom. The molecule has 0 amide bonds. The molecule has 1 fully saturated rings. The van der Waals surface area contributed by atoms with Crippen molar-refractivity contribution < 1.29 is 14.3 Å². The second kappa shape index (κ2) is 9.96. The number of nitrogens with zero attached hydrogens (tertiary/aromatic N) is 3. The maximum absolute atomic E-state index is 12.6. The van der Waals surface area contributed by atoms with E-state index < -0.39 is 0 Å². The topological polar surface area (TPSA) is 73.7 Å². The molecule has 1 aliphatic rings. The highest BCUT2D eigenvalue weighted by atomic mass is 16.5. The normalized spacial score (nSPS) is 19.1. The number of likely N-dealkylation sites (tertiary alicyclic amines) is 1. The van der Waals surface area contributed by atoms with Crippen LogP contribution in [0, 0.1) is 5.92 Å². The van der Waals surface area contributed by atoms with Crippen LogP contribution in [0.3, 0.4) is 0 Å². The Bertz CT molecular complexity index is 1130. The summed E-state index contributed by atoms with van der Waals surface area (Å²) in [6, 6.07) is 15.5. The molecule has 1 saturated heterocycles. The molecule has 0 aliphatic carbocycles. The third kappa shape index (κ3) is 4.83. The summed E-state index contributed by atoms with van der Waals surface area (Å²) in [6.45, 7) is 1.63. The number of para-hydroxylation sites is 1. The second-order valence-corrected chi connectivity index (χ2v) is 8.29. The molecule has 1 aromatic heterocycles. The summed E-state index contributed by atoms with van der Waals surface area (Å²) in [5.74, 6) is 0.747. The van der Waals surface area contributed by atoms with E-state index in [1.54, 1.807) is 19.2 Å². The molecule has 0 spiro atoms. The lowest BCUT2D eigenvalue weighted by molar-refractivity contribution is -0.146. The molecule has 0 saturated carbocycles. The first-order chi connectivity index (χ1) is 15.6. The van der Waals surface area contributed by atoms with Crippen LogP contribution in [0.15, 0.2) is 59.7 Å². The van der Waals surface area contributed by atoms with Crippen LogP contribution in [0.2, 0.25) is 0 Å². The van der Waals surface area contributed by atoms with E-state index in [0.29, 0.717) is 17.5 Å². The van der Waals surface area contributed by atoms with Crippen LogP contribution in [0.4, 0.5) is 0 Å². The summed E-state index contributed by atoms with van der Waals surface area (Å²) < 4.78 is 12.4. The van der Waals surface area contributed by atoms with Crippen LogP contribution in [0.25, 0.3) is 10.9 Å². The van der Waals surface area contributed by atoms with Crippen molar-refractivity contribution in [3.63, 3.8) is 0 Å². The number of methoxy groups -OCH3 is 1. The van der Waals surface area contributed by atoms with Crippen LogP contribution >= 0.6 is 0 Å². The van der Waals surface area contributed by atoms with Gasteiger partial charge in [0.2, 0.25) is 0 Å². The molecule has 4 rings (SSSR count). The average Bonchev–Trinajstić information content (AvgIpc) is 2.82. The van der Waals surface area contributed by atoms with Crippen molar-refractivity contribution in [2.24, 2.45) is 5.92 Å². The summed E-state index contributed by atoms with van der Waals surface area (Å²) in [7, 11) is 3.77. The van der Waals surface area contributed by atoms with Gasteiger partial charge in [0, 0.05) is 18.5 Å². The number of hydrogen-bond donors (Lipinski definition) is 0. The fourth-order valence-corrected chi connectivity index (χ4v) is 4.51. The number of aromatic nitrogens is 2. The van der Waals surface area contributed by atoms with Gasteiger partial charge in [-0.25, -0.2) is 4.98 Å². The molecular weight excluding hydrogens is 406 g/mol. The van der Waals surface area contributed by atoms with E-state index in [-0.39, 0.29) is 36.5 Å². The highest BCUT2D eigenvalue weighted by molar-refractivity contribution is 5.77. The Labute approximate surface area is 187 Å². The van der Waals surface area contributed by atoms with Crippen molar-refractivity contribution in [3.8, 4) is 5.75 Å². The summed E-state index contributed by atoms with van der Waals surface area (Å²) in [5.41, 5.74) is 1.71. The van der Waals surface area contributed by atoms with Gasteiger partial charge in [-0.1, -0.05) is 24.3 Å². The van der Waals surface area contributed by atoms with E-state index in [4.69, 9.17) is 9.47 Å². The number of carbonyl (C=O) groups excluding carboxylic acids is 1. The van der Waals surface area contributed by atoms with Crippen molar-refractivity contribution in [2.75, 3.05) is 27.3 Å². The Balaban J connectivity index is 1.37. The van der Waals surface area contributed by atoms with Gasteiger partial charge in [-0.15, -0.1) is 0 Å². The molecule has 0 bridgehead atoms. The molecule has 32 heavy (non-hydrogen) atoms. The Morgan fingerprint density at radius 3 is 2.72 bits per heavy atom. The fraction of sp³-hybridized carbons (Fsp3) is 0.400. The quantitative estimate of drug-likeness (QED) is 0.530. The lowest BCUT2D eigenvalue weighted by Gasteiger charge is -2.39. The molecule has 7 nitrogen and oxygen atoms in total. The van der Waals surface area contributed by atoms with Gasteiger partial charge in [0.1, 0.15) is 5.75 Å². The van der Waals surface area contributed by atoms with Crippen molar-refractivity contribution in [1.82, 2.24) is 14.5 Å². The van der Waals surface area contributed by atoms with Gasteiger partial charge in [0.15, 0.2) is 0 Å². The lowest BCUT2D eigenvalue weighted by atomic mass is 9.85. The minimum Gasteiger partial charge on any atom is -0.497 e. The highest BCUT2D eigenvalue weighted by Gasteiger charge is 2.31. The van der Waals surface area contributed by atoms with Crippen LogP contribution in [0.1, 0.15) is 30.9 Å². The fourth-order valence-electron chi connectivity index (χ4n) is 4.51. The average molecular weight is 436 g/mol. The smallest absolute Gasteiger partial charge is 0.307 e. The van der Waals surface area contributed by atoms with Crippen molar-refractivity contribution in [1.29, 1.82) is 0 Å².